The highest BCUT2D eigenvalue weighted by Crippen LogP contribution is 2.32. The van der Waals surface area contributed by atoms with Gasteiger partial charge in [-0.3, -0.25) is 4.79 Å². The number of amides is 1. The first kappa shape index (κ1) is 15.8. The highest BCUT2D eigenvalue weighted by Gasteiger charge is 2.16. The molecule has 0 saturated carbocycles. The summed E-state index contributed by atoms with van der Waals surface area (Å²) in [6.07, 6.45) is 2.24. The predicted octanol–water partition coefficient (Wildman–Crippen LogP) is 3.19. The fourth-order valence-electron chi connectivity index (χ4n) is 2.09. The first-order valence-electron chi connectivity index (χ1n) is 6.53. The summed E-state index contributed by atoms with van der Waals surface area (Å²) in [5.74, 6) is 0.565. The summed E-state index contributed by atoms with van der Waals surface area (Å²) < 4.78 is 12.8. The minimum Gasteiger partial charge on any atom is -0.482 e. The first-order chi connectivity index (χ1) is 9.56. The van der Waals surface area contributed by atoms with Gasteiger partial charge < -0.3 is 14.8 Å². The Kier molecular flexibility index (Phi) is 5.86. The van der Waals surface area contributed by atoms with E-state index < -0.39 is 0 Å². The van der Waals surface area contributed by atoms with E-state index >= 15 is 0 Å². The van der Waals surface area contributed by atoms with Gasteiger partial charge in [-0.15, -0.1) is 0 Å². The van der Waals surface area contributed by atoms with Crippen molar-refractivity contribution < 1.29 is 14.3 Å². The summed E-state index contributed by atoms with van der Waals surface area (Å²) in [6, 6.07) is 3.84. The maximum Gasteiger partial charge on any atom is 0.258 e. The average molecular weight is 407 g/mol. The lowest BCUT2D eigenvalue weighted by Gasteiger charge is -2.13. The third-order valence-electron chi connectivity index (χ3n) is 3.09. The number of benzene rings is 1. The van der Waals surface area contributed by atoms with Gasteiger partial charge in [-0.05, 0) is 53.4 Å². The highest BCUT2D eigenvalue weighted by atomic mass is 79.9. The topological polar surface area (TPSA) is 47.6 Å². The lowest BCUT2D eigenvalue weighted by molar-refractivity contribution is -0.123. The van der Waals surface area contributed by atoms with Gasteiger partial charge in [-0.2, -0.15) is 0 Å². The van der Waals surface area contributed by atoms with E-state index in [0.717, 1.165) is 34.0 Å². The number of halogens is 2. The van der Waals surface area contributed by atoms with Crippen LogP contribution in [-0.2, 0) is 9.53 Å². The zero-order valence-electron chi connectivity index (χ0n) is 11.2. The molecule has 0 spiro atoms. The third-order valence-corrected chi connectivity index (χ3v) is 4.14. The Hall–Kier alpha value is -0.590. The number of ether oxygens (including phenoxy) is 2. The molecule has 1 amide bonds. The van der Waals surface area contributed by atoms with Gasteiger partial charge in [-0.1, -0.05) is 15.9 Å². The van der Waals surface area contributed by atoms with E-state index in [0.29, 0.717) is 12.3 Å². The van der Waals surface area contributed by atoms with Crippen LogP contribution in [0.2, 0.25) is 0 Å². The second-order valence-electron chi connectivity index (χ2n) is 4.76. The third kappa shape index (κ3) is 4.46. The van der Waals surface area contributed by atoms with Gasteiger partial charge in [0, 0.05) is 17.6 Å². The highest BCUT2D eigenvalue weighted by molar-refractivity contribution is 9.11. The number of hydrogen-bond donors (Lipinski definition) is 1. The van der Waals surface area contributed by atoms with Crippen LogP contribution in [0.3, 0.4) is 0 Å². The molecular formula is C14H17Br2NO3. The van der Waals surface area contributed by atoms with Crippen LogP contribution in [0, 0.1) is 6.92 Å². The molecule has 0 unspecified atom stereocenters. The lowest BCUT2D eigenvalue weighted by atomic mass is 10.2. The van der Waals surface area contributed by atoms with Crippen molar-refractivity contribution in [1.29, 1.82) is 0 Å². The van der Waals surface area contributed by atoms with Crippen LogP contribution in [0.4, 0.5) is 0 Å². The Balaban J connectivity index is 1.81. The smallest absolute Gasteiger partial charge is 0.258 e. The molecule has 0 aliphatic carbocycles. The SMILES string of the molecule is Cc1cc(Br)cc(Br)c1OCC(=O)NC[C@H]1CCCO1. The van der Waals surface area contributed by atoms with Crippen molar-refractivity contribution >= 4 is 37.8 Å². The maximum absolute atomic E-state index is 11.7. The average Bonchev–Trinajstić information content (AvgIpc) is 2.88. The summed E-state index contributed by atoms with van der Waals surface area (Å²) in [6.45, 7) is 3.30. The molecule has 1 aliphatic heterocycles. The number of aryl methyl sites for hydroxylation is 1. The summed E-state index contributed by atoms with van der Waals surface area (Å²) in [4.78, 5) is 11.7. The molecule has 1 N–H and O–H groups in total. The van der Waals surface area contributed by atoms with Crippen molar-refractivity contribution in [2.75, 3.05) is 19.8 Å². The molecule has 0 aromatic heterocycles. The van der Waals surface area contributed by atoms with Crippen LogP contribution in [0.15, 0.2) is 21.1 Å². The van der Waals surface area contributed by atoms with Crippen molar-refractivity contribution in [1.82, 2.24) is 5.32 Å². The van der Waals surface area contributed by atoms with E-state index in [2.05, 4.69) is 37.2 Å². The standard InChI is InChI=1S/C14H17Br2NO3/c1-9-5-10(15)6-12(16)14(9)20-8-13(18)17-7-11-3-2-4-19-11/h5-6,11H,2-4,7-8H2,1H3,(H,17,18)/t11-/m1/s1. The number of carbonyl (C=O) groups excluding carboxylic acids is 1. The lowest BCUT2D eigenvalue weighted by Crippen LogP contribution is -2.35. The molecule has 4 nitrogen and oxygen atoms in total. The molecule has 1 heterocycles. The molecular weight excluding hydrogens is 390 g/mol. The first-order valence-corrected chi connectivity index (χ1v) is 8.11. The van der Waals surface area contributed by atoms with Crippen LogP contribution in [0.5, 0.6) is 5.75 Å². The molecule has 0 bridgehead atoms. The number of hydrogen-bond acceptors (Lipinski definition) is 3. The van der Waals surface area contributed by atoms with E-state index in [-0.39, 0.29) is 18.6 Å². The van der Waals surface area contributed by atoms with Gasteiger partial charge in [-0.25, -0.2) is 0 Å². The number of nitrogens with one attached hydrogen (secondary N) is 1. The minimum absolute atomic E-state index is 0.00773. The van der Waals surface area contributed by atoms with E-state index in [1.54, 1.807) is 0 Å². The Labute approximate surface area is 135 Å². The fourth-order valence-corrected chi connectivity index (χ4v) is 3.65. The van der Waals surface area contributed by atoms with Gasteiger partial charge in [0.1, 0.15) is 5.75 Å². The summed E-state index contributed by atoms with van der Waals surface area (Å²) in [5.41, 5.74) is 0.971. The number of carbonyl (C=O) groups is 1. The van der Waals surface area contributed by atoms with Crippen molar-refractivity contribution in [3.63, 3.8) is 0 Å². The molecule has 110 valence electrons. The van der Waals surface area contributed by atoms with E-state index in [9.17, 15) is 4.79 Å². The zero-order chi connectivity index (χ0) is 14.5. The summed E-state index contributed by atoms with van der Waals surface area (Å²) in [7, 11) is 0. The zero-order valence-corrected chi connectivity index (χ0v) is 14.4. The van der Waals surface area contributed by atoms with Crippen LogP contribution >= 0.6 is 31.9 Å². The second-order valence-corrected chi connectivity index (χ2v) is 6.53. The van der Waals surface area contributed by atoms with Crippen molar-refractivity contribution in [2.24, 2.45) is 0 Å². The summed E-state index contributed by atoms with van der Waals surface area (Å²) >= 11 is 6.85. The Morgan fingerprint density at radius 3 is 2.95 bits per heavy atom. The predicted molar refractivity (Wildman–Crippen MR) is 84.1 cm³/mol. The Morgan fingerprint density at radius 1 is 1.50 bits per heavy atom. The molecule has 1 aromatic rings. The van der Waals surface area contributed by atoms with Gasteiger partial charge in [0.25, 0.3) is 5.91 Å². The van der Waals surface area contributed by atoms with Gasteiger partial charge in [0.05, 0.1) is 10.6 Å². The van der Waals surface area contributed by atoms with E-state index in [1.165, 1.54) is 0 Å². The molecule has 6 heteroatoms. The molecule has 1 saturated heterocycles. The van der Waals surface area contributed by atoms with Crippen LogP contribution in [0.1, 0.15) is 18.4 Å². The maximum atomic E-state index is 11.7. The molecule has 2 rings (SSSR count). The van der Waals surface area contributed by atoms with Crippen LogP contribution < -0.4 is 10.1 Å². The summed E-state index contributed by atoms with van der Waals surface area (Å²) in [5, 5.41) is 2.83. The van der Waals surface area contributed by atoms with Crippen molar-refractivity contribution in [3.05, 3.63) is 26.6 Å². The Bertz CT molecular complexity index is 464. The number of rotatable bonds is 5. The normalized spacial score (nSPS) is 18.1. The van der Waals surface area contributed by atoms with Gasteiger partial charge in [0.15, 0.2) is 6.61 Å². The van der Waals surface area contributed by atoms with Gasteiger partial charge >= 0.3 is 0 Å². The Morgan fingerprint density at radius 2 is 2.30 bits per heavy atom. The fraction of sp³-hybridized carbons (Fsp3) is 0.500. The van der Waals surface area contributed by atoms with Gasteiger partial charge in [0.2, 0.25) is 0 Å². The molecule has 1 aliphatic rings. The monoisotopic (exact) mass is 405 g/mol. The van der Waals surface area contributed by atoms with Crippen molar-refractivity contribution in [2.45, 2.75) is 25.9 Å². The second kappa shape index (κ2) is 7.43. The molecule has 1 atom stereocenters. The minimum atomic E-state index is -0.130. The van der Waals surface area contributed by atoms with Crippen LogP contribution in [-0.4, -0.2) is 31.8 Å². The quantitative estimate of drug-likeness (QED) is 0.816. The van der Waals surface area contributed by atoms with Crippen molar-refractivity contribution in [3.8, 4) is 5.75 Å². The van der Waals surface area contributed by atoms with E-state index in [1.807, 2.05) is 19.1 Å². The molecule has 20 heavy (non-hydrogen) atoms. The molecule has 0 radical (unpaired) electrons. The van der Waals surface area contributed by atoms with E-state index in [4.69, 9.17) is 9.47 Å². The molecule has 1 aromatic carbocycles. The van der Waals surface area contributed by atoms with Crippen LogP contribution in [0.25, 0.3) is 0 Å². The molecule has 1 fully saturated rings. The largest absolute Gasteiger partial charge is 0.482 e.